The lowest BCUT2D eigenvalue weighted by molar-refractivity contribution is 0.0732. The van der Waals surface area contributed by atoms with Gasteiger partial charge in [-0.05, 0) is 43.2 Å². The number of hydrogen-bond donors (Lipinski definition) is 1. The minimum absolute atomic E-state index is 0.00418. The molecule has 7 nitrogen and oxygen atoms in total. The van der Waals surface area contributed by atoms with Crippen molar-refractivity contribution in [3.8, 4) is 5.75 Å². The Morgan fingerprint density at radius 2 is 2.07 bits per heavy atom. The van der Waals surface area contributed by atoms with Gasteiger partial charge in [0.25, 0.3) is 5.91 Å². The van der Waals surface area contributed by atoms with E-state index in [0.717, 1.165) is 18.5 Å². The fourth-order valence-electron chi connectivity index (χ4n) is 3.44. The molecular weight excluding hydrogens is 354 g/mol. The molecule has 1 aromatic carbocycles. The molecule has 1 aliphatic rings. The molecule has 2 aromatic heterocycles. The molecule has 1 atom stereocenters. The van der Waals surface area contributed by atoms with E-state index < -0.39 is 0 Å². The number of rotatable bonds is 5. The second-order valence-electron chi connectivity index (χ2n) is 6.55. The van der Waals surface area contributed by atoms with Gasteiger partial charge in [-0.2, -0.15) is 0 Å². The number of benzene rings is 1. The van der Waals surface area contributed by atoms with Gasteiger partial charge in [0.2, 0.25) is 0 Å². The van der Waals surface area contributed by atoms with E-state index in [1.54, 1.807) is 31.8 Å². The lowest BCUT2D eigenvalue weighted by Gasteiger charge is -2.25. The van der Waals surface area contributed by atoms with Gasteiger partial charge < -0.3 is 15.0 Å². The van der Waals surface area contributed by atoms with E-state index in [-0.39, 0.29) is 11.9 Å². The van der Waals surface area contributed by atoms with Gasteiger partial charge in [0.1, 0.15) is 17.4 Å². The van der Waals surface area contributed by atoms with Crippen LogP contribution in [0.25, 0.3) is 0 Å². The first-order valence-electron chi connectivity index (χ1n) is 9.19. The number of hydrogen-bond acceptors (Lipinski definition) is 6. The summed E-state index contributed by atoms with van der Waals surface area (Å²) in [5.41, 5.74) is 1.49. The molecule has 0 bridgehead atoms. The smallest absolute Gasteiger partial charge is 0.254 e. The zero-order chi connectivity index (χ0) is 19.3. The second-order valence-corrected chi connectivity index (χ2v) is 6.55. The predicted octanol–water partition coefficient (Wildman–Crippen LogP) is 3.60. The average Bonchev–Trinajstić information content (AvgIpc) is 3.24. The number of nitrogens with zero attached hydrogens (tertiary/aromatic N) is 4. The van der Waals surface area contributed by atoms with Crippen LogP contribution < -0.4 is 10.1 Å². The molecule has 0 saturated carbocycles. The van der Waals surface area contributed by atoms with Crippen LogP contribution in [0.15, 0.2) is 61.1 Å². The number of ether oxygens (including phenoxy) is 1. The van der Waals surface area contributed by atoms with Gasteiger partial charge in [-0.25, -0.2) is 9.97 Å². The van der Waals surface area contributed by atoms with Gasteiger partial charge in [0.15, 0.2) is 0 Å². The fourth-order valence-corrected chi connectivity index (χ4v) is 3.44. The molecule has 142 valence electrons. The maximum absolute atomic E-state index is 13.1. The van der Waals surface area contributed by atoms with Crippen molar-refractivity contribution in [1.29, 1.82) is 0 Å². The third-order valence-corrected chi connectivity index (χ3v) is 4.76. The average molecular weight is 375 g/mol. The summed E-state index contributed by atoms with van der Waals surface area (Å²) in [4.78, 5) is 27.9. The number of anilines is 2. The topological polar surface area (TPSA) is 80.2 Å². The Bertz CT molecular complexity index is 964. The molecule has 0 aliphatic carbocycles. The number of nitrogens with one attached hydrogen (secondary N) is 1. The van der Waals surface area contributed by atoms with Crippen molar-refractivity contribution >= 4 is 17.5 Å². The minimum atomic E-state index is -0.0534. The Balaban J connectivity index is 1.56. The summed E-state index contributed by atoms with van der Waals surface area (Å²) in [5.74, 6) is 1.98. The third kappa shape index (κ3) is 3.78. The van der Waals surface area contributed by atoms with Crippen molar-refractivity contribution in [2.75, 3.05) is 19.0 Å². The molecule has 0 radical (unpaired) electrons. The molecule has 7 heteroatoms. The fraction of sp³-hybridized carbons (Fsp3) is 0.238. The Labute approximate surface area is 163 Å². The molecule has 3 aromatic rings. The molecule has 0 spiro atoms. The number of carbonyl (C=O) groups excluding carboxylic acids is 1. The van der Waals surface area contributed by atoms with Crippen LogP contribution in [0, 0.1) is 0 Å². The highest BCUT2D eigenvalue weighted by molar-refractivity contribution is 5.95. The van der Waals surface area contributed by atoms with Crippen LogP contribution in [0.1, 0.15) is 34.9 Å². The van der Waals surface area contributed by atoms with Crippen molar-refractivity contribution < 1.29 is 9.53 Å². The van der Waals surface area contributed by atoms with E-state index in [1.807, 2.05) is 41.3 Å². The summed E-state index contributed by atoms with van der Waals surface area (Å²) in [6.07, 6.45) is 6.72. The Morgan fingerprint density at radius 3 is 2.89 bits per heavy atom. The SMILES string of the molecule is COc1cccc(C(=O)N2CCCC2c2cccc(Nc3cnccn3)n2)c1. The van der Waals surface area contributed by atoms with E-state index in [9.17, 15) is 4.79 Å². The molecular formula is C21H21N5O2. The van der Waals surface area contributed by atoms with E-state index >= 15 is 0 Å². The number of methoxy groups -OCH3 is 1. The zero-order valence-electron chi connectivity index (χ0n) is 15.6. The van der Waals surface area contributed by atoms with Crippen LogP contribution in [-0.4, -0.2) is 39.4 Å². The van der Waals surface area contributed by atoms with Crippen LogP contribution in [0.5, 0.6) is 5.75 Å². The molecule has 4 rings (SSSR count). The molecule has 28 heavy (non-hydrogen) atoms. The predicted molar refractivity (Wildman–Crippen MR) is 106 cm³/mol. The summed E-state index contributed by atoms with van der Waals surface area (Å²) < 4.78 is 5.25. The van der Waals surface area contributed by atoms with Crippen molar-refractivity contribution in [2.45, 2.75) is 18.9 Å². The van der Waals surface area contributed by atoms with Crippen LogP contribution in [0.4, 0.5) is 11.6 Å². The maximum Gasteiger partial charge on any atom is 0.254 e. The summed E-state index contributed by atoms with van der Waals surface area (Å²) in [7, 11) is 1.60. The Morgan fingerprint density at radius 1 is 1.18 bits per heavy atom. The van der Waals surface area contributed by atoms with E-state index in [2.05, 4.69) is 15.3 Å². The second kappa shape index (κ2) is 8.04. The normalized spacial score (nSPS) is 16.0. The standard InChI is InChI=1S/C21H21N5O2/c1-28-16-6-2-5-15(13-16)21(27)26-12-4-8-18(26)17-7-3-9-19(24-17)25-20-14-22-10-11-23-20/h2-3,5-7,9-11,13-14,18H,4,8,12H2,1H3,(H,23,24,25). The van der Waals surface area contributed by atoms with Gasteiger partial charge in [-0.3, -0.25) is 9.78 Å². The van der Waals surface area contributed by atoms with E-state index in [4.69, 9.17) is 9.72 Å². The van der Waals surface area contributed by atoms with Gasteiger partial charge in [-0.1, -0.05) is 12.1 Å². The quantitative estimate of drug-likeness (QED) is 0.734. The minimum Gasteiger partial charge on any atom is -0.497 e. The van der Waals surface area contributed by atoms with Crippen molar-refractivity contribution in [3.63, 3.8) is 0 Å². The number of aromatic nitrogens is 3. The van der Waals surface area contributed by atoms with Gasteiger partial charge in [0, 0.05) is 24.5 Å². The zero-order valence-corrected chi connectivity index (χ0v) is 15.6. The van der Waals surface area contributed by atoms with Crippen LogP contribution in [-0.2, 0) is 0 Å². The lowest BCUT2D eigenvalue weighted by Crippen LogP contribution is -2.31. The van der Waals surface area contributed by atoms with Crippen molar-refractivity contribution in [1.82, 2.24) is 19.9 Å². The third-order valence-electron chi connectivity index (χ3n) is 4.76. The van der Waals surface area contributed by atoms with Gasteiger partial charge in [0.05, 0.1) is 25.0 Å². The lowest BCUT2D eigenvalue weighted by atomic mass is 10.1. The first-order chi connectivity index (χ1) is 13.7. The monoisotopic (exact) mass is 375 g/mol. The largest absolute Gasteiger partial charge is 0.497 e. The van der Waals surface area contributed by atoms with Gasteiger partial charge >= 0.3 is 0 Å². The van der Waals surface area contributed by atoms with Crippen molar-refractivity contribution in [2.24, 2.45) is 0 Å². The van der Waals surface area contributed by atoms with E-state index in [1.165, 1.54) is 0 Å². The summed E-state index contributed by atoms with van der Waals surface area (Å²) in [6.45, 7) is 0.713. The molecule has 1 N–H and O–H groups in total. The van der Waals surface area contributed by atoms with Crippen molar-refractivity contribution in [3.05, 3.63) is 72.3 Å². The van der Waals surface area contributed by atoms with Crippen LogP contribution in [0.2, 0.25) is 0 Å². The molecule has 1 fully saturated rings. The summed E-state index contributed by atoms with van der Waals surface area (Å²) >= 11 is 0. The highest BCUT2D eigenvalue weighted by Gasteiger charge is 2.31. The maximum atomic E-state index is 13.1. The van der Waals surface area contributed by atoms with Gasteiger partial charge in [-0.15, -0.1) is 0 Å². The van der Waals surface area contributed by atoms with E-state index in [0.29, 0.717) is 29.5 Å². The Kier molecular flexibility index (Phi) is 5.14. The first-order valence-corrected chi connectivity index (χ1v) is 9.19. The summed E-state index contributed by atoms with van der Waals surface area (Å²) in [6, 6.07) is 13.0. The van der Waals surface area contributed by atoms with Crippen LogP contribution in [0.3, 0.4) is 0 Å². The molecule has 3 heterocycles. The number of pyridine rings is 1. The highest BCUT2D eigenvalue weighted by Crippen LogP contribution is 2.33. The molecule has 1 amide bonds. The van der Waals surface area contributed by atoms with Crippen LogP contribution >= 0.6 is 0 Å². The molecule has 1 unspecified atom stereocenters. The summed E-state index contributed by atoms with van der Waals surface area (Å²) in [5, 5.41) is 3.15. The highest BCUT2D eigenvalue weighted by atomic mass is 16.5. The number of amides is 1. The number of carbonyl (C=O) groups is 1. The number of likely N-dealkylation sites (tertiary alicyclic amines) is 1. The molecule has 1 aliphatic heterocycles. The molecule has 1 saturated heterocycles. The first kappa shape index (κ1) is 17.9. The Hall–Kier alpha value is -3.48.